The first kappa shape index (κ1) is 17.0. The zero-order chi connectivity index (χ0) is 18.0. The highest BCUT2D eigenvalue weighted by molar-refractivity contribution is 5.92. The quantitative estimate of drug-likeness (QED) is 0.848. The smallest absolute Gasteiger partial charge is 0.272 e. The molecule has 2 atom stereocenters. The number of benzene rings is 1. The number of ether oxygens (including phenoxy) is 2. The third-order valence-electron chi connectivity index (χ3n) is 5.02. The van der Waals surface area contributed by atoms with Crippen LogP contribution in [0.1, 0.15) is 29.8 Å². The Hall–Kier alpha value is -2.47. The van der Waals surface area contributed by atoms with Crippen LogP contribution < -0.4 is 4.74 Å². The molecule has 26 heavy (non-hydrogen) atoms. The minimum Gasteiger partial charge on any atom is -0.485 e. The van der Waals surface area contributed by atoms with Gasteiger partial charge in [-0.2, -0.15) is 0 Å². The molecule has 0 radical (unpaired) electrons. The van der Waals surface area contributed by atoms with Crippen LogP contribution in [0.15, 0.2) is 48.7 Å². The van der Waals surface area contributed by atoms with Gasteiger partial charge in [0.05, 0.1) is 18.8 Å². The summed E-state index contributed by atoms with van der Waals surface area (Å²) >= 11 is 0. The summed E-state index contributed by atoms with van der Waals surface area (Å²) in [7, 11) is 0. The minimum atomic E-state index is -0.418. The first-order chi connectivity index (χ1) is 12.7. The van der Waals surface area contributed by atoms with Crippen LogP contribution in [0.3, 0.4) is 0 Å². The molecule has 2 saturated heterocycles. The van der Waals surface area contributed by atoms with Gasteiger partial charge in [0, 0.05) is 19.2 Å². The van der Waals surface area contributed by atoms with E-state index in [0.29, 0.717) is 31.8 Å². The van der Waals surface area contributed by atoms with Crippen LogP contribution in [0.5, 0.6) is 5.75 Å². The van der Waals surface area contributed by atoms with Crippen molar-refractivity contribution in [1.82, 2.24) is 9.88 Å². The zero-order valence-electron chi connectivity index (χ0n) is 14.4. The molecule has 2 fully saturated rings. The fraction of sp³-hybridized carbons (Fsp3) is 0.400. The van der Waals surface area contributed by atoms with E-state index in [4.69, 9.17) is 9.47 Å². The molecule has 136 valence electrons. The lowest BCUT2D eigenvalue weighted by Gasteiger charge is -2.39. The first-order valence-electron chi connectivity index (χ1n) is 8.91. The molecule has 4 rings (SSSR count). The molecular weight excluding hydrogens is 335 g/mol. The molecule has 3 heterocycles. The van der Waals surface area contributed by atoms with Crippen LogP contribution in [0, 0.1) is 5.82 Å². The Kier molecular flexibility index (Phi) is 4.59. The van der Waals surface area contributed by atoms with Crippen molar-refractivity contribution in [2.75, 3.05) is 19.7 Å². The molecule has 0 saturated carbocycles. The van der Waals surface area contributed by atoms with Crippen molar-refractivity contribution in [2.24, 2.45) is 0 Å². The predicted octanol–water partition coefficient (Wildman–Crippen LogP) is 3.06. The number of para-hydroxylation sites is 1. The summed E-state index contributed by atoms with van der Waals surface area (Å²) in [5.74, 6) is -0.203. The van der Waals surface area contributed by atoms with Crippen LogP contribution >= 0.6 is 0 Å². The number of aromatic nitrogens is 1. The average Bonchev–Trinajstić information content (AvgIpc) is 3.05. The van der Waals surface area contributed by atoms with Crippen LogP contribution in [0.4, 0.5) is 4.39 Å². The van der Waals surface area contributed by atoms with Crippen molar-refractivity contribution < 1.29 is 18.7 Å². The molecule has 2 aromatic rings. The monoisotopic (exact) mass is 356 g/mol. The maximum absolute atomic E-state index is 13.8. The average molecular weight is 356 g/mol. The molecule has 2 aliphatic rings. The second kappa shape index (κ2) is 7.03. The first-order valence-corrected chi connectivity index (χ1v) is 8.91. The van der Waals surface area contributed by atoms with E-state index >= 15 is 0 Å². The largest absolute Gasteiger partial charge is 0.485 e. The fourth-order valence-corrected chi connectivity index (χ4v) is 3.81. The highest BCUT2D eigenvalue weighted by atomic mass is 19.1. The van der Waals surface area contributed by atoms with Crippen molar-refractivity contribution in [3.63, 3.8) is 0 Å². The summed E-state index contributed by atoms with van der Waals surface area (Å²) in [5, 5.41) is 0. The molecule has 1 aromatic heterocycles. The number of piperidine rings is 1. The number of likely N-dealkylation sites (tertiary alicyclic amines) is 1. The molecule has 0 N–H and O–H groups in total. The summed E-state index contributed by atoms with van der Waals surface area (Å²) in [6, 6.07) is 11.7. The van der Waals surface area contributed by atoms with Crippen molar-refractivity contribution >= 4 is 5.91 Å². The molecule has 0 bridgehead atoms. The Morgan fingerprint density at radius 3 is 2.92 bits per heavy atom. The number of hydrogen-bond acceptors (Lipinski definition) is 4. The molecule has 0 aliphatic carbocycles. The van der Waals surface area contributed by atoms with E-state index < -0.39 is 5.60 Å². The maximum atomic E-state index is 13.8. The Bertz CT molecular complexity index is 786. The Labute approximate surface area is 151 Å². The van der Waals surface area contributed by atoms with E-state index in [1.807, 2.05) is 6.07 Å². The van der Waals surface area contributed by atoms with Gasteiger partial charge >= 0.3 is 0 Å². The Balaban J connectivity index is 1.43. The molecule has 1 spiro atoms. The van der Waals surface area contributed by atoms with Crippen LogP contribution in [0.25, 0.3) is 0 Å². The number of hydrogen-bond donors (Lipinski definition) is 0. The van der Waals surface area contributed by atoms with E-state index in [0.717, 1.165) is 12.8 Å². The topological polar surface area (TPSA) is 51.7 Å². The number of nitrogens with zero attached hydrogens (tertiary/aromatic N) is 2. The van der Waals surface area contributed by atoms with Crippen molar-refractivity contribution in [3.05, 3.63) is 60.2 Å². The molecule has 0 unspecified atom stereocenters. The van der Waals surface area contributed by atoms with Gasteiger partial charge < -0.3 is 14.4 Å². The van der Waals surface area contributed by atoms with Crippen molar-refractivity contribution in [1.29, 1.82) is 0 Å². The van der Waals surface area contributed by atoms with E-state index in [2.05, 4.69) is 4.98 Å². The maximum Gasteiger partial charge on any atom is 0.272 e. The fourth-order valence-electron chi connectivity index (χ4n) is 3.81. The van der Waals surface area contributed by atoms with Gasteiger partial charge in [0.15, 0.2) is 11.6 Å². The lowest BCUT2D eigenvalue weighted by molar-refractivity contribution is -0.0454. The molecule has 2 aliphatic heterocycles. The van der Waals surface area contributed by atoms with E-state index in [-0.39, 0.29) is 23.6 Å². The van der Waals surface area contributed by atoms with Gasteiger partial charge in [-0.05, 0) is 37.1 Å². The molecule has 1 amide bonds. The minimum absolute atomic E-state index is 0.0771. The van der Waals surface area contributed by atoms with Crippen molar-refractivity contribution in [3.8, 4) is 5.75 Å². The Morgan fingerprint density at radius 2 is 2.12 bits per heavy atom. The summed E-state index contributed by atoms with van der Waals surface area (Å²) in [5.41, 5.74) is 0.0280. The normalized spacial score (nSPS) is 25.4. The van der Waals surface area contributed by atoms with Gasteiger partial charge in [-0.15, -0.1) is 0 Å². The lowest BCUT2D eigenvalue weighted by Crippen LogP contribution is -2.50. The van der Waals surface area contributed by atoms with Crippen LogP contribution in [-0.4, -0.2) is 47.2 Å². The van der Waals surface area contributed by atoms with Gasteiger partial charge in [0.2, 0.25) is 0 Å². The van der Waals surface area contributed by atoms with E-state index in [1.54, 1.807) is 41.4 Å². The SMILES string of the molecule is O=C(c1ccccn1)N1CCC[C@@]2(C[C@@H](Oc3ccccc3F)CO2)C1. The van der Waals surface area contributed by atoms with Crippen LogP contribution in [0.2, 0.25) is 0 Å². The molecule has 5 nitrogen and oxygen atoms in total. The summed E-state index contributed by atoms with van der Waals surface area (Å²) in [4.78, 5) is 18.6. The summed E-state index contributed by atoms with van der Waals surface area (Å²) < 4.78 is 25.7. The third-order valence-corrected chi connectivity index (χ3v) is 5.02. The van der Waals surface area contributed by atoms with Gasteiger partial charge in [0.25, 0.3) is 5.91 Å². The number of halogens is 1. The highest BCUT2D eigenvalue weighted by Gasteiger charge is 2.45. The number of rotatable bonds is 3. The summed E-state index contributed by atoms with van der Waals surface area (Å²) in [6.07, 6.45) is 3.79. The number of carbonyl (C=O) groups is 1. The molecule has 1 aromatic carbocycles. The Morgan fingerprint density at radius 1 is 1.27 bits per heavy atom. The number of amides is 1. The van der Waals surface area contributed by atoms with Gasteiger partial charge in [-0.25, -0.2) is 4.39 Å². The van der Waals surface area contributed by atoms with Gasteiger partial charge in [-0.1, -0.05) is 18.2 Å². The molecular formula is C20H21FN2O3. The number of pyridine rings is 1. The zero-order valence-corrected chi connectivity index (χ0v) is 14.4. The molecule has 6 heteroatoms. The van der Waals surface area contributed by atoms with Gasteiger partial charge in [-0.3, -0.25) is 9.78 Å². The second-order valence-electron chi connectivity index (χ2n) is 6.91. The van der Waals surface area contributed by atoms with Crippen molar-refractivity contribution in [2.45, 2.75) is 31.0 Å². The highest BCUT2D eigenvalue weighted by Crippen LogP contribution is 2.36. The van der Waals surface area contributed by atoms with E-state index in [9.17, 15) is 9.18 Å². The summed E-state index contributed by atoms with van der Waals surface area (Å²) in [6.45, 7) is 1.61. The second-order valence-corrected chi connectivity index (χ2v) is 6.91. The van der Waals surface area contributed by atoms with Crippen LogP contribution in [-0.2, 0) is 4.74 Å². The lowest BCUT2D eigenvalue weighted by atomic mass is 9.89. The standard InChI is InChI=1S/C20H21FN2O3/c21-16-6-1-2-8-18(16)26-15-12-20(25-13-15)9-5-11-23(14-20)19(24)17-7-3-4-10-22-17/h1-4,6-8,10,15H,5,9,11-14H2/t15-,20-/m1/s1. The third kappa shape index (κ3) is 3.42. The number of carbonyl (C=O) groups excluding carboxylic acids is 1. The predicted molar refractivity (Wildman–Crippen MR) is 93.5 cm³/mol. The van der Waals surface area contributed by atoms with Gasteiger partial charge in [0.1, 0.15) is 11.8 Å². The van der Waals surface area contributed by atoms with E-state index in [1.165, 1.54) is 6.07 Å².